The number of fused-ring (bicyclic) bond motifs is 1. The SMILES string of the molecule is Cn1cc(C(=O)NOC(C)(C)C)c2ccccc21. The van der Waals surface area contributed by atoms with Crippen LogP contribution in [0.1, 0.15) is 31.1 Å². The molecule has 0 aliphatic heterocycles. The van der Waals surface area contributed by atoms with Gasteiger partial charge in [0.2, 0.25) is 0 Å². The fourth-order valence-corrected chi connectivity index (χ4v) is 1.78. The summed E-state index contributed by atoms with van der Waals surface area (Å²) in [6, 6.07) is 7.79. The van der Waals surface area contributed by atoms with Crippen molar-refractivity contribution in [1.29, 1.82) is 0 Å². The number of aryl methyl sites for hydroxylation is 1. The van der Waals surface area contributed by atoms with E-state index in [1.807, 2.05) is 62.8 Å². The van der Waals surface area contributed by atoms with Gasteiger partial charge in [-0.25, -0.2) is 5.48 Å². The Labute approximate surface area is 107 Å². The molecule has 96 valence electrons. The Balaban J connectivity index is 2.28. The summed E-state index contributed by atoms with van der Waals surface area (Å²) in [5.41, 5.74) is 3.74. The van der Waals surface area contributed by atoms with Crippen LogP contribution >= 0.6 is 0 Å². The van der Waals surface area contributed by atoms with Gasteiger partial charge in [-0.05, 0) is 26.8 Å². The van der Waals surface area contributed by atoms with E-state index < -0.39 is 5.60 Å². The predicted molar refractivity (Wildman–Crippen MR) is 71.2 cm³/mol. The maximum Gasteiger partial charge on any atom is 0.277 e. The Bertz CT molecular complexity index is 579. The minimum Gasteiger partial charge on any atom is -0.350 e. The molecular formula is C14H18N2O2. The van der Waals surface area contributed by atoms with E-state index >= 15 is 0 Å². The molecule has 4 nitrogen and oxygen atoms in total. The lowest BCUT2D eigenvalue weighted by atomic mass is 10.2. The Hall–Kier alpha value is -1.81. The first-order chi connectivity index (χ1) is 8.38. The number of carbonyl (C=O) groups is 1. The summed E-state index contributed by atoms with van der Waals surface area (Å²) in [5.74, 6) is -0.221. The molecular weight excluding hydrogens is 228 g/mol. The normalized spacial score (nSPS) is 11.8. The zero-order chi connectivity index (χ0) is 13.3. The van der Waals surface area contributed by atoms with Crippen molar-refractivity contribution in [3.8, 4) is 0 Å². The van der Waals surface area contributed by atoms with E-state index in [0.717, 1.165) is 10.9 Å². The summed E-state index contributed by atoms with van der Waals surface area (Å²) in [7, 11) is 1.92. The van der Waals surface area contributed by atoms with Crippen LogP contribution in [-0.2, 0) is 11.9 Å². The quantitative estimate of drug-likeness (QED) is 0.828. The molecule has 1 aromatic carbocycles. The van der Waals surface area contributed by atoms with Gasteiger partial charge in [-0.1, -0.05) is 18.2 Å². The number of hydroxylamine groups is 1. The molecule has 1 heterocycles. The van der Waals surface area contributed by atoms with Gasteiger partial charge in [0.25, 0.3) is 5.91 Å². The zero-order valence-electron chi connectivity index (χ0n) is 11.2. The number of rotatable bonds is 2. The molecule has 1 N–H and O–H groups in total. The number of hydrogen-bond donors (Lipinski definition) is 1. The second-order valence-electron chi connectivity index (χ2n) is 5.32. The fourth-order valence-electron chi connectivity index (χ4n) is 1.78. The molecule has 0 atom stereocenters. The van der Waals surface area contributed by atoms with Crippen molar-refractivity contribution in [3.05, 3.63) is 36.0 Å². The van der Waals surface area contributed by atoms with Crippen LogP contribution in [0.15, 0.2) is 30.5 Å². The maximum atomic E-state index is 12.1. The van der Waals surface area contributed by atoms with Crippen molar-refractivity contribution in [1.82, 2.24) is 10.0 Å². The number of benzene rings is 1. The summed E-state index contributed by atoms with van der Waals surface area (Å²) >= 11 is 0. The van der Waals surface area contributed by atoms with Gasteiger partial charge in [-0.15, -0.1) is 0 Å². The third kappa shape index (κ3) is 2.54. The molecule has 0 saturated carbocycles. The smallest absolute Gasteiger partial charge is 0.277 e. The molecule has 0 saturated heterocycles. The van der Waals surface area contributed by atoms with Crippen LogP contribution in [0, 0.1) is 0 Å². The lowest BCUT2D eigenvalue weighted by Gasteiger charge is -2.18. The van der Waals surface area contributed by atoms with Gasteiger partial charge in [-0.2, -0.15) is 0 Å². The number of amides is 1. The van der Waals surface area contributed by atoms with Crippen molar-refractivity contribution in [2.24, 2.45) is 7.05 Å². The molecule has 0 bridgehead atoms. The molecule has 18 heavy (non-hydrogen) atoms. The van der Waals surface area contributed by atoms with Crippen LogP contribution in [-0.4, -0.2) is 16.1 Å². The predicted octanol–water partition coefficient (Wildman–Crippen LogP) is 2.64. The Kier molecular flexibility index (Phi) is 3.13. The second-order valence-corrected chi connectivity index (χ2v) is 5.32. The molecule has 1 aromatic heterocycles. The highest BCUT2D eigenvalue weighted by atomic mass is 16.7. The summed E-state index contributed by atoms with van der Waals surface area (Å²) in [5, 5.41) is 0.926. The lowest BCUT2D eigenvalue weighted by molar-refractivity contribution is -0.0589. The van der Waals surface area contributed by atoms with E-state index in [9.17, 15) is 4.79 Å². The molecule has 4 heteroatoms. The molecule has 0 fully saturated rings. The van der Waals surface area contributed by atoms with Crippen LogP contribution in [0.3, 0.4) is 0 Å². The largest absolute Gasteiger partial charge is 0.350 e. The molecule has 2 aromatic rings. The highest BCUT2D eigenvalue weighted by Crippen LogP contribution is 2.20. The van der Waals surface area contributed by atoms with Gasteiger partial charge in [-0.3, -0.25) is 9.63 Å². The maximum absolute atomic E-state index is 12.1. The van der Waals surface area contributed by atoms with Gasteiger partial charge in [0.05, 0.1) is 11.2 Å². The van der Waals surface area contributed by atoms with Crippen LogP contribution in [0.25, 0.3) is 10.9 Å². The fraction of sp³-hybridized carbons (Fsp3) is 0.357. The third-order valence-electron chi connectivity index (χ3n) is 2.59. The molecule has 0 unspecified atom stereocenters. The van der Waals surface area contributed by atoms with Gasteiger partial charge in [0.1, 0.15) is 0 Å². The van der Waals surface area contributed by atoms with E-state index in [1.54, 1.807) is 0 Å². The van der Waals surface area contributed by atoms with Crippen LogP contribution in [0.2, 0.25) is 0 Å². The van der Waals surface area contributed by atoms with E-state index in [2.05, 4.69) is 5.48 Å². The Morgan fingerprint density at radius 3 is 2.61 bits per heavy atom. The first-order valence-electron chi connectivity index (χ1n) is 5.91. The van der Waals surface area contributed by atoms with Crippen LogP contribution in [0.5, 0.6) is 0 Å². The lowest BCUT2D eigenvalue weighted by Crippen LogP contribution is -2.33. The van der Waals surface area contributed by atoms with E-state index in [0.29, 0.717) is 5.56 Å². The first-order valence-corrected chi connectivity index (χ1v) is 5.91. The molecule has 0 radical (unpaired) electrons. The third-order valence-corrected chi connectivity index (χ3v) is 2.59. The topological polar surface area (TPSA) is 43.3 Å². The first kappa shape index (κ1) is 12.6. The molecule has 0 aliphatic rings. The van der Waals surface area contributed by atoms with Gasteiger partial charge in [0.15, 0.2) is 0 Å². The molecule has 0 aliphatic carbocycles. The highest BCUT2D eigenvalue weighted by Gasteiger charge is 2.17. The van der Waals surface area contributed by atoms with Crippen LogP contribution in [0.4, 0.5) is 0 Å². The average molecular weight is 246 g/mol. The average Bonchev–Trinajstić information content (AvgIpc) is 2.64. The number of nitrogens with zero attached hydrogens (tertiary/aromatic N) is 1. The number of carbonyl (C=O) groups excluding carboxylic acids is 1. The van der Waals surface area contributed by atoms with E-state index in [-0.39, 0.29) is 5.91 Å². The Morgan fingerprint density at radius 1 is 1.28 bits per heavy atom. The Morgan fingerprint density at radius 2 is 1.94 bits per heavy atom. The summed E-state index contributed by atoms with van der Waals surface area (Å²) in [6.45, 7) is 5.66. The van der Waals surface area contributed by atoms with Gasteiger partial charge >= 0.3 is 0 Å². The number of nitrogens with one attached hydrogen (secondary N) is 1. The van der Waals surface area contributed by atoms with Crippen molar-refractivity contribution in [3.63, 3.8) is 0 Å². The van der Waals surface area contributed by atoms with Crippen molar-refractivity contribution < 1.29 is 9.63 Å². The standard InChI is InChI=1S/C14H18N2O2/c1-14(2,3)18-15-13(17)11-9-16(4)12-8-6-5-7-10(11)12/h5-9H,1-4H3,(H,15,17). The minimum absolute atomic E-state index is 0.221. The zero-order valence-corrected chi connectivity index (χ0v) is 11.2. The summed E-state index contributed by atoms with van der Waals surface area (Å²) in [6.07, 6.45) is 1.81. The molecule has 2 rings (SSSR count). The second kappa shape index (κ2) is 4.46. The summed E-state index contributed by atoms with van der Waals surface area (Å²) < 4.78 is 1.93. The highest BCUT2D eigenvalue weighted by molar-refractivity contribution is 6.06. The number of aromatic nitrogens is 1. The van der Waals surface area contributed by atoms with Gasteiger partial charge < -0.3 is 4.57 Å². The summed E-state index contributed by atoms with van der Waals surface area (Å²) in [4.78, 5) is 17.4. The van der Waals surface area contributed by atoms with Gasteiger partial charge in [0, 0.05) is 24.1 Å². The van der Waals surface area contributed by atoms with Crippen LogP contribution < -0.4 is 5.48 Å². The number of para-hydroxylation sites is 1. The van der Waals surface area contributed by atoms with Crippen molar-refractivity contribution >= 4 is 16.8 Å². The van der Waals surface area contributed by atoms with Crippen molar-refractivity contribution in [2.45, 2.75) is 26.4 Å². The van der Waals surface area contributed by atoms with E-state index in [1.165, 1.54) is 0 Å². The monoisotopic (exact) mass is 246 g/mol. The van der Waals surface area contributed by atoms with E-state index in [4.69, 9.17) is 4.84 Å². The minimum atomic E-state index is -0.403. The number of hydrogen-bond acceptors (Lipinski definition) is 2. The molecule has 0 spiro atoms. The molecule has 1 amide bonds. The van der Waals surface area contributed by atoms with Crippen molar-refractivity contribution in [2.75, 3.05) is 0 Å².